The second-order valence-electron chi connectivity index (χ2n) is 4.11. The van der Waals surface area contributed by atoms with E-state index in [9.17, 15) is 0 Å². The molecule has 0 aliphatic heterocycles. The second kappa shape index (κ2) is 5.16. The number of aryl methyl sites for hydroxylation is 2. The first-order valence-corrected chi connectivity index (χ1v) is 6.28. The van der Waals surface area contributed by atoms with E-state index in [1.165, 1.54) is 0 Å². The van der Waals surface area contributed by atoms with Crippen LogP contribution in [-0.2, 0) is 13.6 Å². The Hall–Kier alpha value is -1.26. The molecule has 0 aliphatic rings. The Labute approximate surface area is 116 Å². The third-order valence-electron chi connectivity index (χ3n) is 2.90. The van der Waals surface area contributed by atoms with Crippen LogP contribution in [-0.4, -0.2) is 14.8 Å². The summed E-state index contributed by atoms with van der Waals surface area (Å²) < 4.78 is 1.86. The van der Waals surface area contributed by atoms with Crippen LogP contribution in [0.1, 0.15) is 17.0 Å². The quantitative estimate of drug-likeness (QED) is 0.940. The zero-order valence-electron chi connectivity index (χ0n) is 10.5. The van der Waals surface area contributed by atoms with Gasteiger partial charge in [0.1, 0.15) is 5.82 Å². The van der Waals surface area contributed by atoms with Crippen molar-refractivity contribution in [2.45, 2.75) is 20.4 Å². The lowest BCUT2D eigenvalue weighted by atomic mass is 10.2. The lowest BCUT2D eigenvalue weighted by Gasteiger charge is -2.08. The molecule has 2 heterocycles. The first kappa shape index (κ1) is 13.2. The van der Waals surface area contributed by atoms with E-state index in [0.717, 1.165) is 17.0 Å². The maximum absolute atomic E-state index is 6.05. The normalized spacial score (nSPS) is 10.7. The molecular formula is C12H14Cl2N4. The Morgan fingerprint density at radius 3 is 2.61 bits per heavy atom. The maximum atomic E-state index is 6.05. The molecule has 0 amide bonds. The fourth-order valence-corrected chi connectivity index (χ4v) is 2.24. The third-order valence-corrected chi connectivity index (χ3v) is 3.39. The zero-order chi connectivity index (χ0) is 13.3. The predicted molar refractivity (Wildman–Crippen MR) is 74.3 cm³/mol. The molecule has 1 N–H and O–H groups in total. The first-order chi connectivity index (χ1) is 8.49. The molecule has 18 heavy (non-hydrogen) atoms. The number of halogens is 2. The van der Waals surface area contributed by atoms with Crippen molar-refractivity contribution in [2.24, 2.45) is 7.05 Å². The van der Waals surface area contributed by atoms with Crippen LogP contribution in [0.2, 0.25) is 10.0 Å². The Bertz CT molecular complexity index is 578. The van der Waals surface area contributed by atoms with E-state index >= 15 is 0 Å². The highest BCUT2D eigenvalue weighted by Crippen LogP contribution is 2.23. The molecule has 0 aliphatic carbocycles. The fourth-order valence-electron chi connectivity index (χ4n) is 1.79. The first-order valence-electron chi connectivity index (χ1n) is 5.53. The molecule has 0 radical (unpaired) electrons. The molecule has 0 spiro atoms. The molecule has 96 valence electrons. The molecule has 0 saturated heterocycles. The minimum atomic E-state index is 0.515. The zero-order valence-corrected chi connectivity index (χ0v) is 12.0. The predicted octanol–water partition coefficient (Wildman–Crippen LogP) is 3.35. The van der Waals surface area contributed by atoms with E-state index in [0.29, 0.717) is 22.4 Å². The minimum absolute atomic E-state index is 0.515. The second-order valence-corrected chi connectivity index (χ2v) is 4.95. The van der Waals surface area contributed by atoms with Crippen LogP contribution < -0.4 is 5.32 Å². The average Bonchev–Trinajstić information content (AvgIpc) is 2.53. The van der Waals surface area contributed by atoms with Crippen LogP contribution in [0.5, 0.6) is 0 Å². The van der Waals surface area contributed by atoms with E-state index in [2.05, 4.69) is 15.4 Å². The molecule has 2 aromatic rings. The third kappa shape index (κ3) is 2.60. The van der Waals surface area contributed by atoms with Crippen LogP contribution in [0.3, 0.4) is 0 Å². The van der Waals surface area contributed by atoms with Crippen molar-refractivity contribution in [1.82, 2.24) is 14.8 Å². The van der Waals surface area contributed by atoms with E-state index in [-0.39, 0.29) is 0 Å². The summed E-state index contributed by atoms with van der Waals surface area (Å²) in [6.07, 6.45) is 1.57. The van der Waals surface area contributed by atoms with E-state index in [1.807, 2.05) is 25.6 Å². The molecule has 0 aromatic carbocycles. The molecule has 6 heteroatoms. The number of hydrogen-bond acceptors (Lipinski definition) is 3. The molecule has 0 atom stereocenters. The van der Waals surface area contributed by atoms with Gasteiger partial charge in [-0.2, -0.15) is 5.10 Å². The highest BCUT2D eigenvalue weighted by Gasteiger charge is 2.10. The van der Waals surface area contributed by atoms with Gasteiger partial charge in [0, 0.05) is 31.0 Å². The summed E-state index contributed by atoms with van der Waals surface area (Å²) >= 11 is 11.9. The summed E-state index contributed by atoms with van der Waals surface area (Å²) in [5, 5.41) is 8.60. The Morgan fingerprint density at radius 2 is 2.06 bits per heavy atom. The van der Waals surface area contributed by atoms with Crippen molar-refractivity contribution in [1.29, 1.82) is 0 Å². The molecule has 2 rings (SSSR count). The number of anilines is 1. The van der Waals surface area contributed by atoms with E-state index < -0.39 is 0 Å². The summed E-state index contributed by atoms with van der Waals surface area (Å²) in [6, 6.07) is 1.67. The fraction of sp³-hybridized carbons (Fsp3) is 0.333. The van der Waals surface area contributed by atoms with Crippen LogP contribution in [0, 0.1) is 13.8 Å². The van der Waals surface area contributed by atoms with Gasteiger partial charge >= 0.3 is 0 Å². The highest BCUT2D eigenvalue weighted by atomic mass is 35.5. The van der Waals surface area contributed by atoms with Crippen LogP contribution in [0.4, 0.5) is 5.82 Å². The average molecular weight is 285 g/mol. The van der Waals surface area contributed by atoms with Crippen LogP contribution in [0.15, 0.2) is 12.3 Å². The largest absolute Gasteiger partial charge is 0.365 e. The summed E-state index contributed by atoms with van der Waals surface area (Å²) in [7, 11) is 1.93. The Balaban J connectivity index is 2.16. The van der Waals surface area contributed by atoms with Gasteiger partial charge in [0.05, 0.1) is 15.7 Å². The summed E-state index contributed by atoms with van der Waals surface area (Å²) in [5.41, 5.74) is 3.29. The lowest BCUT2D eigenvalue weighted by Crippen LogP contribution is -2.04. The number of aromatic nitrogens is 3. The molecule has 2 aromatic heterocycles. The van der Waals surface area contributed by atoms with Crippen molar-refractivity contribution in [3.63, 3.8) is 0 Å². The summed E-state index contributed by atoms with van der Waals surface area (Å²) in [5.74, 6) is 0.628. The summed E-state index contributed by atoms with van der Waals surface area (Å²) in [6.45, 7) is 4.66. The van der Waals surface area contributed by atoms with Crippen molar-refractivity contribution in [2.75, 3.05) is 5.32 Å². The molecule has 0 saturated carbocycles. The minimum Gasteiger partial charge on any atom is -0.365 e. The number of hydrogen-bond donors (Lipinski definition) is 1. The summed E-state index contributed by atoms with van der Waals surface area (Å²) in [4.78, 5) is 4.16. The van der Waals surface area contributed by atoms with Crippen molar-refractivity contribution in [3.8, 4) is 0 Å². The monoisotopic (exact) mass is 284 g/mol. The SMILES string of the molecule is Cc1nn(C)c(C)c1CNc1ncc(Cl)cc1Cl. The number of nitrogens with one attached hydrogen (secondary N) is 1. The van der Waals surface area contributed by atoms with Crippen molar-refractivity contribution >= 4 is 29.0 Å². The smallest absolute Gasteiger partial charge is 0.145 e. The van der Waals surface area contributed by atoms with Gasteiger partial charge in [0.25, 0.3) is 0 Å². The Morgan fingerprint density at radius 1 is 1.33 bits per heavy atom. The molecule has 0 unspecified atom stereocenters. The Kier molecular flexibility index (Phi) is 3.78. The van der Waals surface area contributed by atoms with Gasteiger partial charge in [0.2, 0.25) is 0 Å². The molecular weight excluding hydrogens is 271 g/mol. The van der Waals surface area contributed by atoms with E-state index in [1.54, 1.807) is 12.3 Å². The number of nitrogens with zero attached hydrogens (tertiary/aromatic N) is 3. The van der Waals surface area contributed by atoms with Crippen LogP contribution >= 0.6 is 23.2 Å². The highest BCUT2D eigenvalue weighted by molar-refractivity contribution is 6.35. The van der Waals surface area contributed by atoms with Crippen molar-refractivity contribution in [3.05, 3.63) is 39.3 Å². The van der Waals surface area contributed by atoms with Gasteiger partial charge in [-0.3, -0.25) is 4.68 Å². The molecule has 0 fully saturated rings. The molecule has 4 nitrogen and oxygen atoms in total. The number of rotatable bonds is 3. The van der Waals surface area contributed by atoms with Gasteiger partial charge in [0.15, 0.2) is 0 Å². The van der Waals surface area contributed by atoms with Gasteiger partial charge in [-0.05, 0) is 19.9 Å². The van der Waals surface area contributed by atoms with Gasteiger partial charge in [-0.15, -0.1) is 0 Å². The van der Waals surface area contributed by atoms with Gasteiger partial charge in [-0.25, -0.2) is 4.98 Å². The van der Waals surface area contributed by atoms with Crippen molar-refractivity contribution < 1.29 is 0 Å². The molecule has 0 bridgehead atoms. The van der Waals surface area contributed by atoms with Gasteiger partial charge < -0.3 is 5.32 Å². The van der Waals surface area contributed by atoms with Gasteiger partial charge in [-0.1, -0.05) is 23.2 Å². The lowest BCUT2D eigenvalue weighted by molar-refractivity contribution is 0.730. The number of pyridine rings is 1. The topological polar surface area (TPSA) is 42.7 Å². The van der Waals surface area contributed by atoms with Crippen LogP contribution in [0.25, 0.3) is 0 Å². The maximum Gasteiger partial charge on any atom is 0.145 e. The van der Waals surface area contributed by atoms with E-state index in [4.69, 9.17) is 23.2 Å². The standard InChI is InChI=1S/C12H14Cl2N4/c1-7-10(8(2)18(3)17-7)6-16-12-11(14)4-9(13)5-15-12/h4-5H,6H2,1-3H3,(H,15,16).